The largest absolute Gasteiger partial charge is 0.452 e. The highest BCUT2D eigenvalue weighted by Gasteiger charge is 2.30. The number of ketones is 1. The van der Waals surface area contributed by atoms with E-state index in [4.69, 9.17) is 9.47 Å². The van der Waals surface area contributed by atoms with E-state index in [1.165, 1.54) is 0 Å². The zero-order chi connectivity index (χ0) is 20.5. The topological polar surface area (TPSA) is 52.6 Å². The first-order valence-corrected chi connectivity index (χ1v) is 9.84. The van der Waals surface area contributed by atoms with Gasteiger partial charge in [0, 0.05) is 10.0 Å². The van der Waals surface area contributed by atoms with Crippen LogP contribution in [0.2, 0.25) is 0 Å². The van der Waals surface area contributed by atoms with Crippen molar-refractivity contribution in [3.8, 4) is 11.5 Å². The molecule has 0 bridgehead atoms. The zero-order valence-corrected chi connectivity index (χ0v) is 17.4. The van der Waals surface area contributed by atoms with Crippen molar-refractivity contribution in [3.05, 3.63) is 98.7 Å². The monoisotopic (exact) mass is 448 g/mol. The number of rotatable bonds is 3. The van der Waals surface area contributed by atoms with Gasteiger partial charge in [0.1, 0.15) is 11.5 Å². The lowest BCUT2D eigenvalue weighted by atomic mass is 10.1. The van der Waals surface area contributed by atoms with E-state index in [0.29, 0.717) is 28.2 Å². The van der Waals surface area contributed by atoms with Gasteiger partial charge in [-0.2, -0.15) is 0 Å². The Morgan fingerprint density at radius 1 is 0.966 bits per heavy atom. The number of ether oxygens (including phenoxy) is 2. The number of halogens is 1. The van der Waals surface area contributed by atoms with Crippen LogP contribution in [0, 0.1) is 13.8 Å². The summed E-state index contributed by atoms with van der Waals surface area (Å²) in [7, 11) is 0. The molecule has 0 aliphatic carbocycles. The lowest BCUT2D eigenvalue weighted by molar-refractivity contribution is 0.0733. The van der Waals surface area contributed by atoms with E-state index >= 15 is 0 Å². The van der Waals surface area contributed by atoms with Crippen LogP contribution in [-0.2, 0) is 0 Å². The Labute approximate surface area is 176 Å². The fraction of sp³-hybridized carbons (Fsp3) is 0.0833. The third-order valence-electron chi connectivity index (χ3n) is 4.69. The number of fused-ring (bicyclic) bond motifs is 1. The molecule has 0 saturated heterocycles. The Bertz CT molecular complexity index is 1140. The van der Waals surface area contributed by atoms with Gasteiger partial charge in [0.15, 0.2) is 5.76 Å². The average Bonchev–Trinajstić information content (AvgIpc) is 3.03. The Hall–Kier alpha value is -3.18. The van der Waals surface area contributed by atoms with Gasteiger partial charge in [-0.05, 0) is 61.9 Å². The predicted molar refractivity (Wildman–Crippen MR) is 114 cm³/mol. The van der Waals surface area contributed by atoms with Gasteiger partial charge in [-0.3, -0.25) is 4.79 Å². The Morgan fingerprint density at radius 3 is 2.34 bits per heavy atom. The summed E-state index contributed by atoms with van der Waals surface area (Å²) in [6.45, 7) is 3.77. The van der Waals surface area contributed by atoms with Gasteiger partial charge < -0.3 is 9.47 Å². The standard InChI is InChI=1S/C24H17BrO4/c1-14-3-5-16(6-4-14)13-21-22(26)19-11-12-20(15(2)23(19)28-21)29-24(27)17-7-9-18(25)10-8-17/h3-13H,1-2H3/b21-13-. The van der Waals surface area contributed by atoms with Crippen LogP contribution in [0.5, 0.6) is 11.5 Å². The van der Waals surface area contributed by atoms with Crippen LogP contribution in [0.25, 0.3) is 6.08 Å². The quantitative estimate of drug-likeness (QED) is 0.284. The highest BCUT2D eigenvalue weighted by Crippen LogP contribution is 2.39. The maximum Gasteiger partial charge on any atom is 0.343 e. The fourth-order valence-electron chi connectivity index (χ4n) is 3.04. The molecule has 4 rings (SSSR count). The average molecular weight is 449 g/mol. The van der Waals surface area contributed by atoms with Crippen molar-refractivity contribution in [2.24, 2.45) is 0 Å². The second-order valence-electron chi connectivity index (χ2n) is 6.81. The molecule has 0 fully saturated rings. The molecule has 1 heterocycles. The summed E-state index contributed by atoms with van der Waals surface area (Å²) >= 11 is 3.34. The van der Waals surface area contributed by atoms with E-state index in [1.807, 2.05) is 31.2 Å². The van der Waals surface area contributed by atoms with Crippen LogP contribution >= 0.6 is 15.9 Å². The molecule has 4 nitrogen and oxygen atoms in total. The minimum absolute atomic E-state index is 0.186. The highest BCUT2D eigenvalue weighted by atomic mass is 79.9. The van der Waals surface area contributed by atoms with Crippen molar-refractivity contribution >= 4 is 33.8 Å². The Morgan fingerprint density at radius 2 is 1.66 bits per heavy atom. The van der Waals surface area contributed by atoms with Gasteiger partial charge in [0.05, 0.1) is 11.1 Å². The van der Waals surface area contributed by atoms with E-state index in [1.54, 1.807) is 49.4 Å². The molecular formula is C24H17BrO4. The summed E-state index contributed by atoms with van der Waals surface area (Å²) in [6.07, 6.45) is 1.72. The first kappa shape index (κ1) is 19.2. The van der Waals surface area contributed by atoms with Gasteiger partial charge >= 0.3 is 5.97 Å². The number of carbonyl (C=O) groups is 2. The van der Waals surface area contributed by atoms with Crippen molar-refractivity contribution in [1.82, 2.24) is 0 Å². The van der Waals surface area contributed by atoms with Gasteiger partial charge in [0.25, 0.3) is 0 Å². The minimum Gasteiger partial charge on any atom is -0.452 e. The maximum atomic E-state index is 12.7. The summed E-state index contributed by atoms with van der Waals surface area (Å²) in [5.41, 5.74) is 3.52. The van der Waals surface area contributed by atoms with Crippen molar-refractivity contribution < 1.29 is 19.1 Å². The van der Waals surface area contributed by atoms with Crippen LogP contribution in [-0.4, -0.2) is 11.8 Å². The molecule has 144 valence electrons. The number of esters is 1. The zero-order valence-electron chi connectivity index (χ0n) is 15.9. The molecule has 1 aliphatic rings. The van der Waals surface area contributed by atoms with Crippen LogP contribution in [0.3, 0.4) is 0 Å². The smallest absolute Gasteiger partial charge is 0.343 e. The van der Waals surface area contributed by atoms with Crippen LogP contribution in [0.1, 0.15) is 37.4 Å². The van der Waals surface area contributed by atoms with Gasteiger partial charge in [-0.15, -0.1) is 0 Å². The fourth-order valence-corrected chi connectivity index (χ4v) is 3.30. The third-order valence-corrected chi connectivity index (χ3v) is 5.22. The molecule has 1 aliphatic heterocycles. The molecule has 0 radical (unpaired) electrons. The SMILES string of the molecule is Cc1ccc(/C=C2\Oc3c(ccc(OC(=O)c4ccc(Br)cc4)c3C)C2=O)cc1. The molecule has 0 amide bonds. The minimum atomic E-state index is -0.472. The summed E-state index contributed by atoms with van der Waals surface area (Å²) in [5, 5.41) is 0. The number of Topliss-reactive ketones (excluding diaryl/α,β-unsaturated/α-hetero) is 1. The number of hydrogen-bond donors (Lipinski definition) is 0. The van der Waals surface area contributed by atoms with Gasteiger partial charge in [-0.25, -0.2) is 4.79 Å². The molecule has 0 aromatic heterocycles. The van der Waals surface area contributed by atoms with E-state index in [0.717, 1.165) is 15.6 Å². The van der Waals surface area contributed by atoms with E-state index in [-0.39, 0.29) is 11.5 Å². The molecule has 29 heavy (non-hydrogen) atoms. The third kappa shape index (κ3) is 3.87. The van der Waals surface area contributed by atoms with Crippen LogP contribution in [0.4, 0.5) is 0 Å². The van der Waals surface area contributed by atoms with Crippen molar-refractivity contribution in [3.63, 3.8) is 0 Å². The Balaban J connectivity index is 1.60. The molecular weight excluding hydrogens is 432 g/mol. The maximum absolute atomic E-state index is 12.7. The number of allylic oxidation sites excluding steroid dienone is 1. The van der Waals surface area contributed by atoms with Crippen molar-refractivity contribution in [1.29, 1.82) is 0 Å². The Kier molecular flexibility index (Phi) is 5.07. The molecule has 0 spiro atoms. The first-order valence-electron chi connectivity index (χ1n) is 9.04. The number of aryl methyl sites for hydroxylation is 1. The molecule has 0 N–H and O–H groups in total. The van der Waals surface area contributed by atoms with E-state index in [2.05, 4.69) is 15.9 Å². The summed E-state index contributed by atoms with van der Waals surface area (Å²) in [5.74, 6) is 0.383. The molecule has 3 aromatic rings. The van der Waals surface area contributed by atoms with Gasteiger partial charge in [-0.1, -0.05) is 45.8 Å². The molecule has 3 aromatic carbocycles. The summed E-state index contributed by atoms with van der Waals surface area (Å²) in [4.78, 5) is 25.1. The van der Waals surface area contributed by atoms with Gasteiger partial charge in [0.2, 0.25) is 5.78 Å². The molecule has 0 unspecified atom stereocenters. The normalized spacial score (nSPS) is 13.9. The van der Waals surface area contributed by atoms with Crippen LogP contribution in [0.15, 0.2) is 70.9 Å². The first-order chi connectivity index (χ1) is 13.9. The number of benzene rings is 3. The number of hydrogen-bond acceptors (Lipinski definition) is 4. The second kappa shape index (κ2) is 7.68. The van der Waals surface area contributed by atoms with E-state index < -0.39 is 5.97 Å². The number of carbonyl (C=O) groups excluding carboxylic acids is 2. The lowest BCUT2D eigenvalue weighted by Crippen LogP contribution is -2.09. The van der Waals surface area contributed by atoms with Crippen molar-refractivity contribution in [2.45, 2.75) is 13.8 Å². The van der Waals surface area contributed by atoms with Crippen molar-refractivity contribution in [2.75, 3.05) is 0 Å². The van der Waals surface area contributed by atoms with Crippen LogP contribution < -0.4 is 9.47 Å². The molecule has 0 saturated carbocycles. The predicted octanol–water partition coefficient (Wildman–Crippen LogP) is 5.90. The highest BCUT2D eigenvalue weighted by molar-refractivity contribution is 9.10. The summed E-state index contributed by atoms with van der Waals surface area (Å²) < 4.78 is 12.3. The second-order valence-corrected chi connectivity index (χ2v) is 7.73. The molecule has 0 atom stereocenters. The lowest BCUT2D eigenvalue weighted by Gasteiger charge is -2.10. The summed E-state index contributed by atoms with van der Waals surface area (Å²) in [6, 6.07) is 18.0. The molecule has 5 heteroatoms. The van der Waals surface area contributed by atoms with E-state index in [9.17, 15) is 9.59 Å².